The monoisotopic (exact) mass is 367 g/mol. The zero-order chi connectivity index (χ0) is 19.2. The summed E-state index contributed by atoms with van der Waals surface area (Å²) in [5, 5.41) is 13.8. The van der Waals surface area contributed by atoms with E-state index < -0.39 is 5.97 Å². The van der Waals surface area contributed by atoms with E-state index in [9.17, 15) is 14.7 Å². The molecule has 1 saturated carbocycles. The van der Waals surface area contributed by atoms with E-state index in [1.54, 1.807) is 0 Å². The Morgan fingerprint density at radius 2 is 1.85 bits per heavy atom. The predicted octanol–water partition coefficient (Wildman–Crippen LogP) is 2.74. The van der Waals surface area contributed by atoms with E-state index >= 15 is 0 Å². The van der Waals surface area contributed by atoms with Gasteiger partial charge in [0.1, 0.15) is 0 Å². The lowest BCUT2D eigenvalue weighted by atomic mass is 9.90. The fourth-order valence-corrected chi connectivity index (χ4v) is 4.47. The average Bonchev–Trinajstić information content (AvgIpc) is 3.30. The lowest BCUT2D eigenvalue weighted by Gasteiger charge is -2.32. The summed E-state index contributed by atoms with van der Waals surface area (Å²) < 4.78 is 1.89. The topological polar surface area (TPSA) is 75.4 Å². The summed E-state index contributed by atoms with van der Waals surface area (Å²) in [6.07, 6.45) is 2.72. The van der Waals surface area contributed by atoms with Crippen LogP contribution in [0, 0.1) is 25.2 Å². The lowest BCUT2D eigenvalue weighted by molar-refractivity contribution is -0.139. The Kier molecular flexibility index (Phi) is 4.29. The van der Waals surface area contributed by atoms with Gasteiger partial charge in [-0.3, -0.25) is 9.59 Å². The summed E-state index contributed by atoms with van der Waals surface area (Å²) >= 11 is 0. The molecule has 6 heteroatoms. The third kappa shape index (κ3) is 3.13. The van der Waals surface area contributed by atoms with Crippen molar-refractivity contribution in [1.29, 1.82) is 0 Å². The van der Waals surface area contributed by atoms with Crippen LogP contribution in [0.3, 0.4) is 0 Å². The van der Waals surface area contributed by atoms with Gasteiger partial charge in [-0.05, 0) is 50.7 Å². The molecule has 1 aliphatic heterocycles. The Balaban J connectivity index is 1.44. The van der Waals surface area contributed by atoms with Gasteiger partial charge in [-0.1, -0.05) is 18.2 Å². The highest BCUT2D eigenvalue weighted by Crippen LogP contribution is 2.59. The van der Waals surface area contributed by atoms with E-state index in [0.717, 1.165) is 41.9 Å². The highest BCUT2D eigenvalue weighted by Gasteiger charge is 2.59. The van der Waals surface area contributed by atoms with Gasteiger partial charge >= 0.3 is 5.97 Å². The molecular weight excluding hydrogens is 342 g/mol. The summed E-state index contributed by atoms with van der Waals surface area (Å²) in [6, 6.07) is 9.93. The molecule has 1 amide bonds. The molecule has 1 N–H and O–H groups in total. The minimum atomic E-state index is -0.686. The van der Waals surface area contributed by atoms with E-state index in [0.29, 0.717) is 19.5 Å². The van der Waals surface area contributed by atoms with Crippen LogP contribution in [0.1, 0.15) is 36.2 Å². The van der Waals surface area contributed by atoms with Crippen LogP contribution in [0.25, 0.3) is 5.69 Å². The van der Waals surface area contributed by atoms with Gasteiger partial charge in [-0.15, -0.1) is 0 Å². The second kappa shape index (κ2) is 6.51. The molecule has 1 atom stereocenters. The quantitative estimate of drug-likeness (QED) is 0.902. The second-order valence-corrected chi connectivity index (χ2v) is 7.91. The molecule has 2 fully saturated rings. The molecule has 2 heterocycles. The van der Waals surface area contributed by atoms with Crippen molar-refractivity contribution in [3.05, 3.63) is 47.3 Å². The number of aryl methyl sites for hydroxylation is 1. The number of carbonyl (C=O) groups is 2. The fraction of sp³-hybridized carbons (Fsp3) is 0.476. The average molecular weight is 367 g/mol. The van der Waals surface area contributed by atoms with Crippen LogP contribution in [0.4, 0.5) is 0 Å². The maximum absolute atomic E-state index is 12.8. The number of aromatic nitrogens is 2. The number of piperidine rings is 1. The number of carboxylic acid groups (broad SMARTS) is 1. The number of para-hydroxylation sites is 1. The number of rotatable bonds is 4. The molecular formula is C21H25N3O3. The highest BCUT2D eigenvalue weighted by molar-refractivity contribution is 5.80. The van der Waals surface area contributed by atoms with Crippen LogP contribution < -0.4 is 0 Å². The van der Waals surface area contributed by atoms with E-state index in [1.165, 1.54) is 0 Å². The number of nitrogens with zero attached hydrogens (tertiary/aromatic N) is 3. The predicted molar refractivity (Wildman–Crippen MR) is 101 cm³/mol. The molecule has 0 bridgehead atoms. The van der Waals surface area contributed by atoms with Crippen molar-refractivity contribution in [3.8, 4) is 5.69 Å². The van der Waals surface area contributed by atoms with Crippen molar-refractivity contribution in [2.24, 2.45) is 11.3 Å². The molecule has 1 saturated heterocycles. The van der Waals surface area contributed by atoms with Crippen molar-refractivity contribution in [3.63, 3.8) is 0 Å². The lowest BCUT2D eigenvalue weighted by Crippen LogP contribution is -2.40. The van der Waals surface area contributed by atoms with Gasteiger partial charge < -0.3 is 10.0 Å². The number of likely N-dealkylation sites (tertiary alicyclic amines) is 1. The number of hydrogen-bond donors (Lipinski definition) is 1. The molecule has 2 aliphatic rings. The van der Waals surface area contributed by atoms with Crippen LogP contribution in [0.2, 0.25) is 0 Å². The summed E-state index contributed by atoms with van der Waals surface area (Å²) in [5.74, 6) is -0.783. The van der Waals surface area contributed by atoms with E-state index in [1.807, 2.05) is 53.8 Å². The van der Waals surface area contributed by atoms with Gasteiger partial charge in [0, 0.05) is 24.3 Å². The number of carboxylic acids is 1. The molecule has 6 nitrogen and oxygen atoms in total. The number of benzene rings is 1. The van der Waals surface area contributed by atoms with Crippen molar-refractivity contribution in [1.82, 2.24) is 14.7 Å². The summed E-state index contributed by atoms with van der Waals surface area (Å²) in [5.41, 5.74) is 3.80. The van der Waals surface area contributed by atoms with Crippen LogP contribution in [-0.2, 0) is 16.0 Å². The SMILES string of the molecule is Cc1nn(-c2ccccc2)c(C)c1CC(=O)N1CCC2(CC1)CC2C(=O)O. The summed E-state index contributed by atoms with van der Waals surface area (Å²) in [6.45, 7) is 5.27. The molecule has 27 heavy (non-hydrogen) atoms. The molecule has 1 spiro atoms. The van der Waals surface area contributed by atoms with E-state index in [4.69, 9.17) is 0 Å². The minimum absolute atomic E-state index is 0.0490. The standard InChI is InChI=1S/C21H25N3O3/c1-14-17(15(2)24(22-14)16-6-4-3-5-7-16)12-19(25)23-10-8-21(9-11-23)13-18(21)20(26)27/h3-7,18H,8-13H2,1-2H3,(H,26,27). The first kappa shape index (κ1) is 17.8. The number of amides is 1. The van der Waals surface area contributed by atoms with Gasteiger partial charge in [-0.2, -0.15) is 5.10 Å². The molecule has 4 rings (SSSR count). The Morgan fingerprint density at radius 3 is 2.44 bits per heavy atom. The molecule has 0 radical (unpaired) electrons. The van der Waals surface area contributed by atoms with Gasteiger partial charge in [-0.25, -0.2) is 4.68 Å². The number of carbonyl (C=O) groups excluding carboxylic acids is 1. The largest absolute Gasteiger partial charge is 0.481 e. The van der Waals surface area contributed by atoms with Gasteiger partial charge in [0.05, 0.1) is 23.7 Å². The minimum Gasteiger partial charge on any atom is -0.481 e. The summed E-state index contributed by atoms with van der Waals surface area (Å²) in [7, 11) is 0. The third-order valence-electron chi connectivity index (χ3n) is 6.37. The smallest absolute Gasteiger partial charge is 0.307 e. The molecule has 1 aliphatic carbocycles. The molecule has 2 aromatic rings. The Labute approximate surface area is 158 Å². The van der Waals surface area contributed by atoms with Gasteiger partial charge in [0.15, 0.2) is 0 Å². The zero-order valence-corrected chi connectivity index (χ0v) is 15.8. The van der Waals surface area contributed by atoms with Crippen molar-refractivity contribution >= 4 is 11.9 Å². The summed E-state index contributed by atoms with van der Waals surface area (Å²) in [4.78, 5) is 25.9. The van der Waals surface area contributed by atoms with Crippen molar-refractivity contribution < 1.29 is 14.7 Å². The molecule has 1 aromatic carbocycles. The molecule has 1 unspecified atom stereocenters. The van der Waals surface area contributed by atoms with E-state index in [2.05, 4.69) is 5.10 Å². The van der Waals surface area contributed by atoms with Crippen LogP contribution in [0.5, 0.6) is 0 Å². The first-order chi connectivity index (χ1) is 12.9. The normalized spacial score (nSPS) is 20.7. The number of hydrogen-bond acceptors (Lipinski definition) is 3. The third-order valence-corrected chi connectivity index (χ3v) is 6.37. The molecule has 1 aromatic heterocycles. The second-order valence-electron chi connectivity index (χ2n) is 7.91. The fourth-order valence-electron chi connectivity index (χ4n) is 4.47. The Morgan fingerprint density at radius 1 is 1.19 bits per heavy atom. The van der Waals surface area contributed by atoms with Gasteiger partial charge in [0.2, 0.25) is 5.91 Å². The molecule has 142 valence electrons. The van der Waals surface area contributed by atoms with Crippen molar-refractivity contribution in [2.45, 2.75) is 39.5 Å². The first-order valence-corrected chi connectivity index (χ1v) is 9.52. The maximum atomic E-state index is 12.8. The Bertz CT molecular complexity index is 880. The first-order valence-electron chi connectivity index (χ1n) is 9.52. The van der Waals surface area contributed by atoms with Gasteiger partial charge in [0.25, 0.3) is 0 Å². The Hall–Kier alpha value is -2.63. The van der Waals surface area contributed by atoms with Crippen LogP contribution >= 0.6 is 0 Å². The van der Waals surface area contributed by atoms with Crippen molar-refractivity contribution in [2.75, 3.05) is 13.1 Å². The van der Waals surface area contributed by atoms with Crippen LogP contribution in [-0.4, -0.2) is 44.8 Å². The highest BCUT2D eigenvalue weighted by atomic mass is 16.4. The number of aliphatic carboxylic acids is 1. The van der Waals surface area contributed by atoms with E-state index in [-0.39, 0.29) is 17.2 Å². The zero-order valence-electron chi connectivity index (χ0n) is 15.8. The maximum Gasteiger partial charge on any atom is 0.307 e. The van der Waals surface area contributed by atoms with Crippen LogP contribution in [0.15, 0.2) is 30.3 Å².